The van der Waals surface area contributed by atoms with Crippen molar-refractivity contribution in [3.8, 4) is 44.8 Å². The first-order chi connectivity index (χ1) is 25.8. The molecule has 0 spiro atoms. The molecule has 1 aliphatic carbocycles. The first-order valence-electron chi connectivity index (χ1n) is 17.9. The summed E-state index contributed by atoms with van der Waals surface area (Å²) in [5.41, 5.74) is 14.7. The molecule has 3 nitrogen and oxygen atoms in total. The number of rotatable bonds is 3. The maximum atomic E-state index is 4.47. The Kier molecular flexibility index (Phi) is 5.50. The lowest BCUT2D eigenvalue weighted by molar-refractivity contribution is 1.18. The van der Waals surface area contributed by atoms with Crippen molar-refractivity contribution in [2.24, 2.45) is 0 Å². The molecule has 0 fully saturated rings. The number of hydrogen-bond donors (Lipinski definition) is 0. The van der Waals surface area contributed by atoms with Crippen molar-refractivity contribution < 1.29 is 0 Å². The van der Waals surface area contributed by atoms with Gasteiger partial charge in [-0.05, 0) is 111 Å². The van der Waals surface area contributed by atoms with Crippen molar-refractivity contribution in [3.05, 3.63) is 176 Å². The van der Waals surface area contributed by atoms with Gasteiger partial charge in [0.25, 0.3) is 0 Å². The van der Waals surface area contributed by atoms with E-state index < -0.39 is 0 Å². The van der Waals surface area contributed by atoms with Gasteiger partial charge in [-0.2, -0.15) is 0 Å². The quantitative estimate of drug-likeness (QED) is 0.185. The Morgan fingerprint density at radius 1 is 0.365 bits per heavy atom. The average Bonchev–Trinajstić information content (AvgIpc) is 3.83. The van der Waals surface area contributed by atoms with Crippen LogP contribution in [0.1, 0.15) is 0 Å². The van der Waals surface area contributed by atoms with Crippen LogP contribution in [0.4, 0.5) is 0 Å². The monoisotopic (exact) mass is 659 g/mol. The van der Waals surface area contributed by atoms with E-state index in [0.29, 0.717) is 0 Å². The molecule has 0 unspecified atom stereocenters. The maximum Gasteiger partial charge on any atom is 0.0547 e. The van der Waals surface area contributed by atoms with E-state index in [1.165, 1.54) is 110 Å². The van der Waals surface area contributed by atoms with Crippen molar-refractivity contribution in [2.75, 3.05) is 0 Å². The third kappa shape index (κ3) is 3.72. The summed E-state index contributed by atoms with van der Waals surface area (Å²) in [5, 5.41) is 10.1. The summed E-state index contributed by atoms with van der Waals surface area (Å²) in [6.45, 7) is 0. The zero-order valence-corrected chi connectivity index (χ0v) is 28.1. The predicted octanol–water partition coefficient (Wildman–Crippen LogP) is 12.9. The lowest BCUT2D eigenvalue weighted by atomic mass is 9.99. The Bertz CT molecular complexity index is 3260. The average molecular weight is 660 g/mol. The van der Waals surface area contributed by atoms with Crippen LogP contribution >= 0.6 is 0 Å². The molecular weight excluding hydrogens is 631 g/mol. The standard InChI is InChI=1S/C49H29N3/c1-2-11-34(12-3-1)51-46-20-17-33(27-41(46)42-25-30-9-4-5-10-31(30)28-48(42)51)32-18-21-47-40(26-32)36-13-6-7-16-44(36)52(47)45-22-19-38-43-29-50-24-23-35(43)37-14-8-15-39(45)49(37)38/h1-29H. The summed E-state index contributed by atoms with van der Waals surface area (Å²) in [6.07, 6.45) is 3.90. The molecule has 3 heteroatoms. The van der Waals surface area contributed by atoms with Crippen LogP contribution < -0.4 is 0 Å². The number of nitrogens with zero attached hydrogens (tertiary/aromatic N) is 3. The summed E-state index contributed by atoms with van der Waals surface area (Å²) >= 11 is 0. The van der Waals surface area contributed by atoms with Crippen LogP contribution in [-0.4, -0.2) is 14.1 Å². The largest absolute Gasteiger partial charge is 0.309 e. The lowest BCUT2D eigenvalue weighted by Gasteiger charge is -2.13. The molecule has 0 amide bonds. The first kappa shape index (κ1) is 27.8. The minimum atomic E-state index is 1.17. The molecular formula is C49H29N3. The molecule has 52 heavy (non-hydrogen) atoms. The van der Waals surface area contributed by atoms with Gasteiger partial charge in [0.05, 0.1) is 27.8 Å². The number of pyridine rings is 1. The zero-order chi connectivity index (χ0) is 33.9. The van der Waals surface area contributed by atoms with Gasteiger partial charge in [-0.25, -0.2) is 0 Å². The Balaban J connectivity index is 1.08. The minimum Gasteiger partial charge on any atom is -0.309 e. The van der Waals surface area contributed by atoms with Crippen LogP contribution in [0, 0.1) is 0 Å². The van der Waals surface area contributed by atoms with Crippen LogP contribution in [0.3, 0.4) is 0 Å². The topological polar surface area (TPSA) is 22.8 Å². The Morgan fingerprint density at radius 3 is 1.87 bits per heavy atom. The van der Waals surface area contributed by atoms with Gasteiger partial charge in [0.1, 0.15) is 0 Å². The molecule has 0 bridgehead atoms. The highest BCUT2D eigenvalue weighted by Crippen LogP contribution is 2.49. The summed E-state index contributed by atoms with van der Waals surface area (Å²) in [7, 11) is 0. The van der Waals surface area contributed by atoms with E-state index in [0.717, 1.165) is 0 Å². The van der Waals surface area contributed by atoms with Crippen molar-refractivity contribution >= 4 is 65.2 Å². The molecule has 0 radical (unpaired) electrons. The van der Waals surface area contributed by atoms with Crippen LogP contribution in [0.5, 0.6) is 0 Å². The van der Waals surface area contributed by atoms with E-state index in [4.69, 9.17) is 0 Å². The van der Waals surface area contributed by atoms with E-state index in [2.05, 4.69) is 178 Å². The zero-order valence-electron chi connectivity index (χ0n) is 28.1. The summed E-state index contributed by atoms with van der Waals surface area (Å²) < 4.78 is 4.87. The Hall–Kier alpha value is -6.97. The minimum absolute atomic E-state index is 1.17. The van der Waals surface area contributed by atoms with Gasteiger partial charge in [-0.15, -0.1) is 0 Å². The molecule has 3 heterocycles. The van der Waals surface area contributed by atoms with Gasteiger partial charge in [0.15, 0.2) is 0 Å². The molecule has 0 saturated carbocycles. The molecule has 240 valence electrons. The first-order valence-corrected chi connectivity index (χ1v) is 17.9. The van der Waals surface area contributed by atoms with Crippen molar-refractivity contribution in [1.82, 2.24) is 14.1 Å². The van der Waals surface area contributed by atoms with Crippen molar-refractivity contribution in [2.45, 2.75) is 0 Å². The fraction of sp³-hybridized carbons (Fsp3) is 0. The second kappa shape index (κ2) is 10.3. The number of para-hydroxylation sites is 2. The second-order valence-electron chi connectivity index (χ2n) is 14.0. The molecule has 0 atom stereocenters. The SMILES string of the molecule is c1ccc(-n2c3ccc(-c4ccc5c(c4)c4ccccc4n5-c4ccc5c6c(cccc46)-c4ccncc4-5)cc3c3cc4ccccc4cc32)cc1. The third-order valence-electron chi connectivity index (χ3n) is 11.3. The molecule has 3 aromatic heterocycles. The van der Waals surface area contributed by atoms with E-state index >= 15 is 0 Å². The highest BCUT2D eigenvalue weighted by Gasteiger charge is 2.24. The molecule has 0 saturated heterocycles. The van der Waals surface area contributed by atoms with Gasteiger partial charge in [-0.3, -0.25) is 4.98 Å². The smallest absolute Gasteiger partial charge is 0.0547 e. The fourth-order valence-corrected chi connectivity index (χ4v) is 9.03. The number of fused-ring (bicyclic) bond motifs is 10. The van der Waals surface area contributed by atoms with Crippen molar-refractivity contribution in [1.29, 1.82) is 0 Å². The molecule has 11 aromatic rings. The number of benzene rings is 8. The van der Waals surface area contributed by atoms with Crippen molar-refractivity contribution in [3.63, 3.8) is 0 Å². The molecule has 12 rings (SSSR count). The van der Waals surface area contributed by atoms with E-state index in [-0.39, 0.29) is 0 Å². The Labute approximate surface area is 299 Å². The third-order valence-corrected chi connectivity index (χ3v) is 11.3. The normalized spacial score (nSPS) is 12.2. The van der Waals surface area contributed by atoms with E-state index in [1.54, 1.807) is 0 Å². The molecule has 0 N–H and O–H groups in total. The van der Waals surface area contributed by atoms with Crippen LogP contribution in [-0.2, 0) is 0 Å². The van der Waals surface area contributed by atoms with Gasteiger partial charge >= 0.3 is 0 Å². The van der Waals surface area contributed by atoms with Gasteiger partial charge in [0, 0.05) is 50.6 Å². The Morgan fingerprint density at radius 2 is 1.02 bits per heavy atom. The van der Waals surface area contributed by atoms with Gasteiger partial charge in [-0.1, -0.05) is 97.1 Å². The van der Waals surface area contributed by atoms with E-state index in [1.807, 2.05) is 12.4 Å². The maximum absolute atomic E-state index is 4.47. The summed E-state index contributed by atoms with van der Waals surface area (Å²) in [4.78, 5) is 4.47. The predicted molar refractivity (Wildman–Crippen MR) is 218 cm³/mol. The highest BCUT2D eigenvalue weighted by atomic mass is 15.0. The highest BCUT2D eigenvalue weighted by molar-refractivity contribution is 6.19. The molecule has 0 aliphatic heterocycles. The van der Waals surface area contributed by atoms with Crippen LogP contribution in [0.15, 0.2) is 176 Å². The second-order valence-corrected chi connectivity index (χ2v) is 14.0. The fourth-order valence-electron chi connectivity index (χ4n) is 9.03. The van der Waals surface area contributed by atoms with Crippen LogP contribution in [0.2, 0.25) is 0 Å². The van der Waals surface area contributed by atoms with Crippen LogP contribution in [0.25, 0.3) is 110 Å². The van der Waals surface area contributed by atoms with Gasteiger partial charge in [0.2, 0.25) is 0 Å². The number of hydrogen-bond acceptors (Lipinski definition) is 1. The summed E-state index contributed by atoms with van der Waals surface area (Å²) in [5.74, 6) is 0. The van der Waals surface area contributed by atoms with Gasteiger partial charge < -0.3 is 9.13 Å². The molecule has 8 aromatic carbocycles. The number of aromatic nitrogens is 3. The lowest BCUT2D eigenvalue weighted by Crippen LogP contribution is -1.95. The summed E-state index contributed by atoms with van der Waals surface area (Å²) in [6, 6.07) is 60.3. The molecule has 1 aliphatic rings. The van der Waals surface area contributed by atoms with E-state index in [9.17, 15) is 0 Å².